The number of hydrogen-bond acceptors (Lipinski definition) is 3. The number of pyridine rings is 2. The van der Waals surface area contributed by atoms with Crippen LogP contribution in [0.1, 0.15) is 11.4 Å². The first-order chi connectivity index (χ1) is 10.8. The fourth-order valence-electron chi connectivity index (χ4n) is 1.18. The molecule has 2 heterocycles. The van der Waals surface area contributed by atoms with E-state index < -0.39 is 23.7 Å². The zero-order valence-corrected chi connectivity index (χ0v) is 14.3. The summed E-state index contributed by atoms with van der Waals surface area (Å²) < 4.78 is 72.0. The van der Waals surface area contributed by atoms with Gasteiger partial charge < -0.3 is 5.73 Å². The molecule has 2 rings (SSSR count). The van der Waals surface area contributed by atoms with Crippen molar-refractivity contribution in [3.05, 3.63) is 50.4 Å². The highest BCUT2D eigenvalue weighted by atomic mass is 79.9. The highest BCUT2D eigenvalue weighted by Crippen LogP contribution is 2.31. The van der Waals surface area contributed by atoms with Gasteiger partial charge in [-0.05, 0) is 40.2 Å². The second-order valence-electron chi connectivity index (χ2n) is 4.04. The normalized spacial score (nSPS) is 11.7. The average Bonchev–Trinajstić information content (AvgIpc) is 2.43. The summed E-state index contributed by atoms with van der Waals surface area (Å²) in [5.74, 6) is 0. The summed E-state index contributed by atoms with van der Waals surface area (Å²) >= 11 is 13.6. The molecule has 0 fully saturated rings. The van der Waals surface area contributed by atoms with E-state index in [1.165, 1.54) is 6.07 Å². The SMILES string of the molecule is FC(F)(F)c1ccc(Br)c(Cl)n1.Nc1ccc(C(F)(F)F)nc1Cl. The number of nitrogen functional groups attached to an aromatic ring is 1. The molecule has 12 heteroatoms. The largest absolute Gasteiger partial charge is 0.433 e. The molecule has 0 aliphatic heterocycles. The monoisotopic (exact) mass is 455 g/mol. The Morgan fingerprint density at radius 3 is 1.58 bits per heavy atom. The summed E-state index contributed by atoms with van der Waals surface area (Å²) in [5, 5.41) is -0.519. The van der Waals surface area contributed by atoms with Crippen LogP contribution in [-0.2, 0) is 12.4 Å². The maximum Gasteiger partial charge on any atom is 0.433 e. The first kappa shape index (κ1) is 20.8. The summed E-state index contributed by atoms with van der Waals surface area (Å²) in [7, 11) is 0. The van der Waals surface area contributed by atoms with Crippen LogP contribution in [0, 0.1) is 0 Å². The standard InChI is InChI=1S/C6H2BrClF3N.C6H4ClF3N2/c7-3-1-2-4(6(9,10)11)12-5(3)8;7-5-3(11)1-2-4(12-5)6(8,9)10/h1-2H;1-2H,11H2. The van der Waals surface area contributed by atoms with E-state index in [9.17, 15) is 26.3 Å². The molecule has 0 radical (unpaired) electrons. The van der Waals surface area contributed by atoms with Crippen molar-refractivity contribution in [3.8, 4) is 0 Å². The molecule has 0 amide bonds. The third-order valence-corrected chi connectivity index (χ3v) is 3.72. The number of alkyl halides is 6. The molecule has 0 spiro atoms. The van der Waals surface area contributed by atoms with Crippen molar-refractivity contribution in [3.63, 3.8) is 0 Å². The van der Waals surface area contributed by atoms with E-state index in [1.54, 1.807) is 0 Å². The van der Waals surface area contributed by atoms with E-state index in [1.807, 2.05) is 0 Å². The van der Waals surface area contributed by atoms with Gasteiger partial charge in [0.2, 0.25) is 0 Å². The topological polar surface area (TPSA) is 51.8 Å². The first-order valence-electron chi connectivity index (χ1n) is 5.71. The van der Waals surface area contributed by atoms with Crippen LogP contribution in [0.2, 0.25) is 10.3 Å². The van der Waals surface area contributed by atoms with Gasteiger partial charge in [-0.15, -0.1) is 0 Å². The number of anilines is 1. The molecule has 0 aliphatic rings. The molecule has 0 saturated carbocycles. The van der Waals surface area contributed by atoms with E-state index in [2.05, 4.69) is 25.9 Å². The zero-order valence-electron chi connectivity index (χ0n) is 11.2. The lowest BCUT2D eigenvalue weighted by atomic mass is 10.3. The van der Waals surface area contributed by atoms with Crippen molar-refractivity contribution < 1.29 is 26.3 Å². The summed E-state index contributed by atoms with van der Waals surface area (Å²) in [6.07, 6.45) is -8.92. The Kier molecular flexibility index (Phi) is 6.71. The Labute approximate surface area is 149 Å². The van der Waals surface area contributed by atoms with Crippen molar-refractivity contribution in [2.24, 2.45) is 0 Å². The van der Waals surface area contributed by atoms with Crippen LogP contribution in [0.15, 0.2) is 28.7 Å². The Morgan fingerprint density at radius 2 is 1.21 bits per heavy atom. The van der Waals surface area contributed by atoms with Gasteiger partial charge in [0, 0.05) is 0 Å². The van der Waals surface area contributed by atoms with Crippen LogP contribution in [0.25, 0.3) is 0 Å². The molecule has 0 atom stereocenters. The van der Waals surface area contributed by atoms with Gasteiger partial charge >= 0.3 is 12.4 Å². The van der Waals surface area contributed by atoms with Crippen LogP contribution in [0.4, 0.5) is 32.0 Å². The van der Waals surface area contributed by atoms with Gasteiger partial charge in [0.25, 0.3) is 0 Å². The molecular formula is C12H6BrCl2F6N3. The highest BCUT2D eigenvalue weighted by molar-refractivity contribution is 9.10. The van der Waals surface area contributed by atoms with Crippen molar-refractivity contribution in [1.82, 2.24) is 9.97 Å². The third kappa shape index (κ3) is 5.99. The fraction of sp³-hybridized carbons (Fsp3) is 0.167. The van der Waals surface area contributed by atoms with Crippen molar-refractivity contribution in [1.29, 1.82) is 0 Å². The first-order valence-corrected chi connectivity index (χ1v) is 7.25. The van der Waals surface area contributed by atoms with E-state index >= 15 is 0 Å². The van der Waals surface area contributed by atoms with E-state index in [4.69, 9.17) is 28.9 Å². The molecule has 3 nitrogen and oxygen atoms in total. The second kappa shape index (κ2) is 7.75. The quantitative estimate of drug-likeness (QED) is 0.399. The van der Waals surface area contributed by atoms with Gasteiger partial charge in [0.05, 0.1) is 10.2 Å². The van der Waals surface area contributed by atoms with E-state index in [-0.39, 0.29) is 16.0 Å². The molecule has 0 saturated heterocycles. The summed E-state index contributed by atoms with van der Waals surface area (Å²) in [4.78, 5) is 6.20. The van der Waals surface area contributed by atoms with Crippen LogP contribution in [0.3, 0.4) is 0 Å². The van der Waals surface area contributed by atoms with Gasteiger partial charge in [0.1, 0.15) is 16.5 Å². The van der Waals surface area contributed by atoms with E-state index in [0.29, 0.717) is 4.47 Å². The predicted molar refractivity (Wildman–Crippen MR) is 80.6 cm³/mol. The molecular weight excluding hydrogens is 451 g/mol. The Morgan fingerprint density at radius 1 is 0.792 bits per heavy atom. The number of nitrogens with zero attached hydrogens (tertiary/aromatic N) is 2. The Hall–Kier alpha value is -1.26. The van der Waals surface area contributed by atoms with Crippen LogP contribution in [-0.4, -0.2) is 9.97 Å². The maximum atomic E-state index is 12.0. The maximum absolute atomic E-state index is 12.0. The molecule has 0 aromatic carbocycles. The van der Waals surface area contributed by atoms with Crippen LogP contribution >= 0.6 is 39.1 Å². The fourth-order valence-corrected chi connectivity index (χ4v) is 1.71. The van der Waals surface area contributed by atoms with Gasteiger partial charge in [-0.3, -0.25) is 0 Å². The predicted octanol–water partition coefficient (Wildman–Crippen LogP) is 5.85. The van der Waals surface area contributed by atoms with Gasteiger partial charge in [-0.2, -0.15) is 26.3 Å². The molecule has 2 aromatic rings. The molecule has 2 N–H and O–H groups in total. The highest BCUT2D eigenvalue weighted by Gasteiger charge is 2.33. The smallest absolute Gasteiger partial charge is 0.396 e. The van der Waals surface area contributed by atoms with Crippen molar-refractivity contribution >= 4 is 44.8 Å². The van der Waals surface area contributed by atoms with Crippen molar-refractivity contribution in [2.75, 3.05) is 5.73 Å². The number of aromatic nitrogens is 2. The summed E-state index contributed by atoms with van der Waals surface area (Å²) in [5.41, 5.74) is 3.17. The minimum atomic E-state index is -4.47. The third-order valence-electron chi connectivity index (χ3n) is 2.26. The summed E-state index contributed by atoms with van der Waals surface area (Å²) in [6, 6.07) is 3.91. The molecule has 2 aromatic heterocycles. The lowest BCUT2D eigenvalue weighted by Crippen LogP contribution is -2.08. The van der Waals surface area contributed by atoms with Gasteiger partial charge in [-0.25, -0.2) is 9.97 Å². The average molecular weight is 457 g/mol. The van der Waals surface area contributed by atoms with Crippen molar-refractivity contribution in [2.45, 2.75) is 12.4 Å². The second-order valence-corrected chi connectivity index (χ2v) is 5.61. The molecule has 0 bridgehead atoms. The van der Waals surface area contributed by atoms with Gasteiger partial charge in [-0.1, -0.05) is 23.2 Å². The van der Waals surface area contributed by atoms with E-state index in [0.717, 1.165) is 18.2 Å². The lowest BCUT2D eigenvalue weighted by Gasteiger charge is -2.05. The van der Waals surface area contributed by atoms with Gasteiger partial charge in [0.15, 0.2) is 5.15 Å². The number of hydrogen-bond donors (Lipinski definition) is 1. The Bertz CT molecular complexity index is 659. The number of nitrogens with two attached hydrogens (primary N) is 1. The van der Waals surface area contributed by atoms with Crippen LogP contribution in [0.5, 0.6) is 0 Å². The minimum Gasteiger partial charge on any atom is -0.396 e. The lowest BCUT2D eigenvalue weighted by molar-refractivity contribution is -0.141. The Balaban J connectivity index is 0.000000240. The molecule has 0 aliphatic carbocycles. The van der Waals surface area contributed by atoms with Crippen LogP contribution < -0.4 is 5.73 Å². The number of halogens is 9. The molecule has 0 unspecified atom stereocenters. The number of rotatable bonds is 0. The minimum absolute atomic E-state index is 0.0321. The molecule has 132 valence electrons. The zero-order chi connectivity index (χ0) is 18.7. The molecule has 24 heavy (non-hydrogen) atoms. The summed E-state index contributed by atoms with van der Waals surface area (Å²) in [6.45, 7) is 0.